The Balaban J connectivity index is 1.63. The number of benzene rings is 2. The van der Waals surface area contributed by atoms with E-state index in [1.807, 2.05) is 36.4 Å². The molecule has 2 heterocycles. The maximum atomic E-state index is 13.2. The topological polar surface area (TPSA) is 61.2 Å². The molecule has 0 bridgehead atoms. The number of carbonyl (C=O) groups is 1. The summed E-state index contributed by atoms with van der Waals surface area (Å²) in [5.41, 5.74) is 1.52. The molecule has 0 spiro atoms. The second-order valence-electron chi connectivity index (χ2n) is 8.58. The first-order valence-electron chi connectivity index (χ1n) is 11.2. The molecular weight excluding hydrogens is 420 g/mol. The molecule has 0 radical (unpaired) electrons. The van der Waals surface area contributed by atoms with Crippen molar-refractivity contribution < 1.29 is 9.53 Å². The van der Waals surface area contributed by atoms with Crippen molar-refractivity contribution in [3.8, 4) is 5.69 Å². The van der Waals surface area contributed by atoms with Gasteiger partial charge in [-0.25, -0.2) is 9.78 Å². The highest BCUT2D eigenvalue weighted by Gasteiger charge is 2.25. The minimum atomic E-state index is -0.472. The Morgan fingerprint density at radius 3 is 2.69 bits per heavy atom. The Bertz CT molecular complexity index is 1360. The third-order valence-corrected chi connectivity index (χ3v) is 7.95. The van der Waals surface area contributed by atoms with Gasteiger partial charge in [0.15, 0.2) is 0 Å². The first-order chi connectivity index (χ1) is 15.6. The smallest absolute Gasteiger partial charge is 0.340 e. The Labute approximate surface area is 190 Å². The number of hydrogen-bond acceptors (Lipinski definition) is 5. The highest BCUT2D eigenvalue weighted by Crippen LogP contribution is 2.40. The van der Waals surface area contributed by atoms with Crippen LogP contribution in [0.25, 0.3) is 26.7 Å². The molecule has 0 atom stereocenters. The molecule has 6 heteroatoms. The summed E-state index contributed by atoms with van der Waals surface area (Å²) in [5.74, 6) is 0.835. The molecular formula is C26H26N2O3S. The van der Waals surface area contributed by atoms with E-state index in [0.29, 0.717) is 22.6 Å². The molecule has 0 unspecified atom stereocenters. The Morgan fingerprint density at radius 1 is 1.16 bits per heavy atom. The van der Waals surface area contributed by atoms with Crippen LogP contribution in [-0.2, 0) is 4.74 Å². The van der Waals surface area contributed by atoms with Crippen molar-refractivity contribution in [1.29, 1.82) is 0 Å². The molecule has 2 aromatic heterocycles. The van der Waals surface area contributed by atoms with Crippen LogP contribution in [0.3, 0.4) is 0 Å². The second-order valence-corrected chi connectivity index (χ2v) is 9.65. The lowest BCUT2D eigenvalue weighted by atomic mass is 9.81. The lowest BCUT2D eigenvalue weighted by molar-refractivity contribution is 0.0601. The molecule has 1 saturated carbocycles. The van der Waals surface area contributed by atoms with E-state index in [0.717, 1.165) is 26.5 Å². The molecule has 5 nitrogen and oxygen atoms in total. The number of thiazole rings is 1. The number of aromatic nitrogens is 2. The zero-order chi connectivity index (χ0) is 22.2. The van der Waals surface area contributed by atoms with Crippen molar-refractivity contribution in [1.82, 2.24) is 9.55 Å². The molecule has 0 amide bonds. The third-order valence-electron chi connectivity index (χ3n) is 6.77. The average Bonchev–Trinajstić information content (AvgIpc) is 3.26. The van der Waals surface area contributed by atoms with Crippen LogP contribution >= 0.6 is 11.3 Å². The molecule has 0 N–H and O–H groups in total. The van der Waals surface area contributed by atoms with E-state index in [1.54, 1.807) is 28.2 Å². The van der Waals surface area contributed by atoms with E-state index in [4.69, 9.17) is 9.72 Å². The molecule has 164 valence electrons. The minimum Gasteiger partial charge on any atom is -0.465 e. The normalized spacial score (nSPS) is 18.8. The SMILES string of the molecule is CC[C@H]1CC[C@H](c2nc3cc(C(=O)OC)c(-n4ccc5ccccc5c4=O)cc3s2)CC1. The monoisotopic (exact) mass is 446 g/mol. The fourth-order valence-electron chi connectivity index (χ4n) is 4.83. The summed E-state index contributed by atoms with van der Waals surface area (Å²) in [7, 11) is 1.36. The number of methoxy groups -OCH3 is 1. The Morgan fingerprint density at radius 2 is 1.94 bits per heavy atom. The molecule has 32 heavy (non-hydrogen) atoms. The lowest BCUT2D eigenvalue weighted by Gasteiger charge is -2.26. The van der Waals surface area contributed by atoms with Crippen LogP contribution in [-0.4, -0.2) is 22.6 Å². The fraction of sp³-hybridized carbons (Fsp3) is 0.346. The van der Waals surface area contributed by atoms with Gasteiger partial charge in [-0.3, -0.25) is 9.36 Å². The van der Waals surface area contributed by atoms with Gasteiger partial charge in [-0.1, -0.05) is 31.5 Å². The highest BCUT2D eigenvalue weighted by molar-refractivity contribution is 7.18. The number of ether oxygens (including phenoxy) is 1. The molecule has 5 rings (SSSR count). The van der Waals surface area contributed by atoms with Crippen LogP contribution in [0.2, 0.25) is 0 Å². The molecule has 1 fully saturated rings. The Kier molecular flexibility index (Phi) is 5.55. The van der Waals surface area contributed by atoms with Crippen molar-refractivity contribution in [2.75, 3.05) is 7.11 Å². The predicted octanol–water partition coefficient (Wildman–Crippen LogP) is 6.07. The van der Waals surface area contributed by atoms with Crippen molar-refractivity contribution in [2.24, 2.45) is 5.92 Å². The van der Waals surface area contributed by atoms with Crippen LogP contribution in [0.5, 0.6) is 0 Å². The summed E-state index contributed by atoms with van der Waals surface area (Å²) in [6.45, 7) is 2.27. The third kappa shape index (κ3) is 3.62. The van der Waals surface area contributed by atoms with Gasteiger partial charge >= 0.3 is 5.97 Å². The molecule has 1 aliphatic carbocycles. The summed E-state index contributed by atoms with van der Waals surface area (Å²) in [6.07, 6.45) is 7.81. The second kappa shape index (κ2) is 8.51. The van der Waals surface area contributed by atoms with Crippen molar-refractivity contribution in [3.63, 3.8) is 0 Å². The molecule has 2 aromatic carbocycles. The maximum absolute atomic E-state index is 13.2. The van der Waals surface area contributed by atoms with Gasteiger partial charge in [0.2, 0.25) is 0 Å². The Hall–Kier alpha value is -2.99. The number of fused-ring (bicyclic) bond motifs is 2. The minimum absolute atomic E-state index is 0.157. The number of rotatable bonds is 4. The van der Waals surface area contributed by atoms with Crippen LogP contribution in [0.4, 0.5) is 0 Å². The van der Waals surface area contributed by atoms with E-state index >= 15 is 0 Å². The summed E-state index contributed by atoms with van der Waals surface area (Å²) in [5, 5.41) is 2.62. The molecule has 0 saturated heterocycles. The van der Waals surface area contributed by atoms with E-state index in [1.165, 1.54) is 39.2 Å². The van der Waals surface area contributed by atoms with Gasteiger partial charge in [0, 0.05) is 17.5 Å². The van der Waals surface area contributed by atoms with Crippen LogP contribution in [0, 0.1) is 5.92 Å². The number of pyridine rings is 1. The van der Waals surface area contributed by atoms with E-state index in [2.05, 4.69) is 6.92 Å². The fourth-order valence-corrected chi connectivity index (χ4v) is 5.98. The first kappa shape index (κ1) is 20.9. The standard InChI is InChI=1S/C26H26N2O3S/c1-3-16-8-10-18(11-9-16)24-27-21-14-20(26(30)31-2)22(15-23(21)32-24)28-13-12-17-6-4-5-7-19(17)25(28)29/h4-7,12-16,18H,3,8-11H2,1-2H3/t16-,18-. The zero-order valence-electron chi connectivity index (χ0n) is 18.3. The van der Waals surface area contributed by atoms with Gasteiger partial charge < -0.3 is 4.74 Å². The van der Waals surface area contributed by atoms with Crippen LogP contribution in [0.1, 0.15) is 60.3 Å². The van der Waals surface area contributed by atoms with Crippen LogP contribution in [0.15, 0.2) is 53.5 Å². The quantitative estimate of drug-likeness (QED) is 0.357. The van der Waals surface area contributed by atoms with Gasteiger partial charge in [-0.05, 0) is 61.3 Å². The van der Waals surface area contributed by atoms with Gasteiger partial charge in [0.05, 0.1) is 33.6 Å². The zero-order valence-corrected chi connectivity index (χ0v) is 19.2. The summed E-state index contributed by atoms with van der Waals surface area (Å²) in [6, 6.07) is 13.1. The highest BCUT2D eigenvalue weighted by atomic mass is 32.1. The van der Waals surface area contributed by atoms with E-state index in [-0.39, 0.29) is 5.56 Å². The van der Waals surface area contributed by atoms with E-state index < -0.39 is 5.97 Å². The number of esters is 1. The predicted molar refractivity (Wildman–Crippen MR) is 129 cm³/mol. The summed E-state index contributed by atoms with van der Waals surface area (Å²) < 4.78 is 7.57. The van der Waals surface area contributed by atoms with Gasteiger partial charge in [0.1, 0.15) is 0 Å². The maximum Gasteiger partial charge on any atom is 0.340 e. The first-order valence-corrected chi connectivity index (χ1v) is 12.0. The van der Waals surface area contributed by atoms with Crippen molar-refractivity contribution in [2.45, 2.75) is 44.9 Å². The van der Waals surface area contributed by atoms with Crippen molar-refractivity contribution >= 4 is 38.3 Å². The summed E-state index contributed by atoms with van der Waals surface area (Å²) in [4.78, 5) is 30.8. The van der Waals surface area contributed by atoms with Gasteiger partial charge in [-0.15, -0.1) is 11.3 Å². The lowest BCUT2D eigenvalue weighted by Crippen LogP contribution is -2.20. The van der Waals surface area contributed by atoms with Crippen molar-refractivity contribution in [3.05, 3.63) is 69.6 Å². The van der Waals surface area contributed by atoms with Crippen LogP contribution < -0.4 is 5.56 Å². The number of nitrogens with zero attached hydrogens (tertiary/aromatic N) is 2. The number of hydrogen-bond donors (Lipinski definition) is 0. The molecule has 1 aliphatic rings. The van der Waals surface area contributed by atoms with Gasteiger partial charge in [0.25, 0.3) is 5.56 Å². The molecule has 0 aliphatic heterocycles. The average molecular weight is 447 g/mol. The van der Waals surface area contributed by atoms with Gasteiger partial charge in [-0.2, -0.15) is 0 Å². The summed E-state index contributed by atoms with van der Waals surface area (Å²) >= 11 is 1.68. The largest absolute Gasteiger partial charge is 0.465 e. The molecule has 4 aromatic rings. The number of carbonyl (C=O) groups excluding carboxylic acids is 1. The van der Waals surface area contributed by atoms with E-state index in [9.17, 15) is 9.59 Å².